The number of carbonyl (C=O) groups is 1. The second kappa shape index (κ2) is 9.65. The average molecular weight is 473 g/mol. The van der Waals surface area contributed by atoms with Crippen molar-refractivity contribution in [3.05, 3.63) is 95.8 Å². The Hall–Kier alpha value is -4.35. The molecule has 0 aliphatic rings. The lowest BCUT2D eigenvalue weighted by atomic mass is 10.1. The molecule has 0 unspecified atom stereocenters. The maximum atomic E-state index is 13.3. The number of para-hydroxylation sites is 1. The van der Waals surface area contributed by atoms with Gasteiger partial charge in [0.25, 0.3) is 10.0 Å². The number of benzene rings is 3. The molecule has 0 fully saturated rings. The summed E-state index contributed by atoms with van der Waals surface area (Å²) < 4.78 is 35.0. The number of sulfonamides is 1. The van der Waals surface area contributed by atoms with E-state index in [-0.39, 0.29) is 10.6 Å². The molecule has 0 aliphatic heterocycles. The Bertz CT molecular complexity index is 1540. The van der Waals surface area contributed by atoms with Crippen LogP contribution in [0.1, 0.15) is 28.5 Å². The fourth-order valence-corrected chi connectivity index (χ4v) is 4.67. The summed E-state index contributed by atoms with van der Waals surface area (Å²) in [5, 5.41) is 10.2. The van der Waals surface area contributed by atoms with E-state index in [1.807, 2.05) is 19.1 Å². The van der Waals surface area contributed by atoms with Gasteiger partial charge in [0.05, 0.1) is 17.2 Å². The number of carboxylic acids is 1. The van der Waals surface area contributed by atoms with Crippen molar-refractivity contribution in [2.75, 3.05) is 11.3 Å². The van der Waals surface area contributed by atoms with Gasteiger partial charge in [-0.2, -0.15) is 0 Å². The molecule has 0 atom stereocenters. The van der Waals surface area contributed by atoms with E-state index in [9.17, 15) is 13.2 Å². The lowest BCUT2D eigenvalue weighted by molar-refractivity contribution is 0.0690. The van der Waals surface area contributed by atoms with E-state index in [0.717, 1.165) is 0 Å². The third kappa shape index (κ3) is 4.85. The lowest BCUT2D eigenvalue weighted by Crippen LogP contribution is -2.14. The molecule has 0 bridgehead atoms. The average Bonchev–Trinajstić information content (AvgIpc) is 2.84. The van der Waals surface area contributed by atoms with Crippen molar-refractivity contribution in [3.8, 4) is 17.6 Å². The Balaban J connectivity index is 1.68. The molecule has 8 heteroatoms. The van der Waals surface area contributed by atoms with E-state index in [0.29, 0.717) is 39.9 Å². The highest BCUT2D eigenvalue weighted by Gasteiger charge is 2.20. The molecule has 2 N–H and O–H groups in total. The first-order chi connectivity index (χ1) is 16.4. The van der Waals surface area contributed by atoms with E-state index in [1.54, 1.807) is 48.5 Å². The van der Waals surface area contributed by atoms with E-state index >= 15 is 0 Å². The summed E-state index contributed by atoms with van der Waals surface area (Å²) in [4.78, 5) is 14.9. The molecule has 1 heterocycles. The molecule has 4 rings (SSSR count). The molecule has 0 saturated carbocycles. The maximum absolute atomic E-state index is 13.3. The molecule has 170 valence electrons. The van der Waals surface area contributed by atoms with Crippen LogP contribution in [0.15, 0.2) is 83.9 Å². The van der Waals surface area contributed by atoms with Crippen LogP contribution in [-0.4, -0.2) is 31.1 Å². The van der Waals surface area contributed by atoms with Crippen molar-refractivity contribution in [3.63, 3.8) is 0 Å². The Morgan fingerprint density at radius 2 is 1.71 bits per heavy atom. The smallest absolute Gasteiger partial charge is 0.354 e. The number of nitrogens with zero attached hydrogens (tertiary/aromatic N) is 1. The van der Waals surface area contributed by atoms with Crippen LogP contribution < -0.4 is 9.46 Å². The number of aromatic nitrogens is 1. The van der Waals surface area contributed by atoms with Crippen LogP contribution in [0.2, 0.25) is 0 Å². The largest absolute Gasteiger partial charge is 0.493 e. The number of carboxylic acid groups (broad SMARTS) is 1. The predicted molar refractivity (Wildman–Crippen MR) is 130 cm³/mol. The normalized spacial score (nSPS) is 10.9. The van der Waals surface area contributed by atoms with Crippen molar-refractivity contribution in [1.29, 1.82) is 0 Å². The number of hydrogen-bond donors (Lipinski definition) is 2. The molecule has 4 aromatic rings. The molecule has 0 amide bonds. The summed E-state index contributed by atoms with van der Waals surface area (Å²) in [6.45, 7) is 2.34. The van der Waals surface area contributed by atoms with E-state index in [1.165, 1.54) is 18.3 Å². The monoisotopic (exact) mass is 472 g/mol. The number of aromatic carboxylic acids is 1. The van der Waals surface area contributed by atoms with Gasteiger partial charge in [-0.25, -0.2) is 18.2 Å². The van der Waals surface area contributed by atoms with Gasteiger partial charge < -0.3 is 9.84 Å². The van der Waals surface area contributed by atoms with Crippen molar-refractivity contribution in [1.82, 2.24) is 4.98 Å². The van der Waals surface area contributed by atoms with Gasteiger partial charge in [0.15, 0.2) is 0 Å². The Morgan fingerprint density at radius 3 is 2.41 bits per heavy atom. The van der Waals surface area contributed by atoms with Crippen molar-refractivity contribution in [2.45, 2.75) is 11.8 Å². The van der Waals surface area contributed by atoms with Crippen LogP contribution in [0.25, 0.3) is 10.8 Å². The summed E-state index contributed by atoms with van der Waals surface area (Å²) in [5.41, 5.74) is 1.20. The van der Waals surface area contributed by atoms with Crippen LogP contribution in [-0.2, 0) is 10.0 Å². The number of pyridine rings is 1. The molecule has 34 heavy (non-hydrogen) atoms. The number of nitrogens with one attached hydrogen (secondary N) is 1. The first kappa shape index (κ1) is 22.8. The Kier molecular flexibility index (Phi) is 6.48. The van der Waals surface area contributed by atoms with Crippen molar-refractivity contribution < 1.29 is 23.1 Å². The van der Waals surface area contributed by atoms with Crippen molar-refractivity contribution in [2.24, 2.45) is 0 Å². The van der Waals surface area contributed by atoms with Crippen molar-refractivity contribution >= 4 is 32.5 Å². The number of ether oxygens (including phenoxy) is 1. The van der Waals surface area contributed by atoms with E-state index in [4.69, 9.17) is 9.84 Å². The summed E-state index contributed by atoms with van der Waals surface area (Å²) in [5.74, 6) is 5.31. The second-order valence-corrected chi connectivity index (χ2v) is 8.83. The summed E-state index contributed by atoms with van der Waals surface area (Å²) in [7, 11) is -3.94. The number of fused-ring (bicyclic) bond motifs is 1. The molecule has 0 radical (unpaired) electrons. The summed E-state index contributed by atoms with van der Waals surface area (Å²) in [6.07, 6.45) is 1.36. The highest BCUT2D eigenvalue weighted by molar-refractivity contribution is 7.93. The van der Waals surface area contributed by atoms with Gasteiger partial charge in [-0.15, -0.1) is 0 Å². The fourth-order valence-electron chi connectivity index (χ4n) is 3.37. The van der Waals surface area contributed by atoms with Crippen LogP contribution in [0.4, 0.5) is 5.69 Å². The molecule has 0 saturated heterocycles. The Morgan fingerprint density at radius 1 is 0.971 bits per heavy atom. The van der Waals surface area contributed by atoms with Crippen LogP contribution in [0.3, 0.4) is 0 Å². The summed E-state index contributed by atoms with van der Waals surface area (Å²) >= 11 is 0. The zero-order valence-corrected chi connectivity index (χ0v) is 19.0. The minimum atomic E-state index is -3.94. The third-order valence-corrected chi connectivity index (χ3v) is 6.35. The quantitative estimate of drug-likeness (QED) is 0.400. The minimum Gasteiger partial charge on any atom is -0.493 e. The zero-order chi connectivity index (χ0) is 24.1. The number of anilines is 1. The van der Waals surface area contributed by atoms with E-state index < -0.39 is 16.0 Å². The highest BCUT2D eigenvalue weighted by Crippen LogP contribution is 2.32. The molecular weight excluding hydrogens is 452 g/mol. The van der Waals surface area contributed by atoms with Gasteiger partial charge in [0, 0.05) is 28.1 Å². The molecule has 0 aliphatic carbocycles. The fraction of sp³-hybridized carbons (Fsp3) is 0.0769. The predicted octanol–water partition coefficient (Wildman–Crippen LogP) is 4.53. The number of rotatable bonds is 6. The molecule has 1 aromatic heterocycles. The Labute approximate surface area is 197 Å². The van der Waals surface area contributed by atoms with Crippen LogP contribution in [0, 0.1) is 11.8 Å². The first-order valence-corrected chi connectivity index (χ1v) is 11.8. The van der Waals surface area contributed by atoms with Gasteiger partial charge in [-0.3, -0.25) is 4.72 Å². The maximum Gasteiger partial charge on any atom is 0.354 e. The molecule has 7 nitrogen and oxygen atoms in total. The van der Waals surface area contributed by atoms with E-state index in [2.05, 4.69) is 21.5 Å². The van der Waals surface area contributed by atoms with Gasteiger partial charge in [-0.05, 0) is 43.3 Å². The van der Waals surface area contributed by atoms with Gasteiger partial charge in [0.2, 0.25) is 0 Å². The second-order valence-electron chi connectivity index (χ2n) is 7.18. The topological polar surface area (TPSA) is 106 Å². The standard InChI is InChI=1S/C26H20N2O5S/c1-2-33-24-15-16-25(21-9-5-4-8-20(21)24)34(31,32)28-22-10-6-3-7-19(22)13-11-18-12-14-23(26(29)30)27-17-18/h3-10,12,14-17,28H,2H2,1H3,(H,29,30). The number of hydrogen-bond acceptors (Lipinski definition) is 5. The van der Waals surface area contributed by atoms with Gasteiger partial charge >= 0.3 is 5.97 Å². The first-order valence-electron chi connectivity index (χ1n) is 10.4. The third-order valence-electron chi connectivity index (χ3n) is 4.93. The zero-order valence-electron chi connectivity index (χ0n) is 18.1. The van der Waals surface area contributed by atoms with Gasteiger partial charge in [0.1, 0.15) is 11.4 Å². The van der Waals surface area contributed by atoms with Gasteiger partial charge in [-0.1, -0.05) is 48.2 Å². The van der Waals surface area contributed by atoms with Crippen LogP contribution >= 0.6 is 0 Å². The van der Waals surface area contributed by atoms with Crippen LogP contribution in [0.5, 0.6) is 5.75 Å². The lowest BCUT2D eigenvalue weighted by Gasteiger charge is -2.14. The SMILES string of the molecule is CCOc1ccc(S(=O)(=O)Nc2ccccc2C#Cc2ccc(C(=O)O)nc2)c2ccccc12. The highest BCUT2D eigenvalue weighted by atomic mass is 32.2. The molecule has 3 aromatic carbocycles. The summed E-state index contributed by atoms with van der Waals surface area (Å²) in [6, 6.07) is 20.0. The minimum absolute atomic E-state index is 0.0821. The molecule has 0 spiro atoms. The molecular formula is C26H20N2O5S.